The zero-order valence-corrected chi connectivity index (χ0v) is 13.5. The van der Waals surface area contributed by atoms with E-state index in [-0.39, 0.29) is 5.76 Å². The molecule has 21 heavy (non-hydrogen) atoms. The Bertz CT molecular complexity index is 377. The highest BCUT2D eigenvalue weighted by Crippen LogP contribution is 2.13. The van der Waals surface area contributed by atoms with Crippen LogP contribution in [0, 0.1) is 0 Å². The Hall–Kier alpha value is -1.05. The Balaban J connectivity index is 3.52. The Morgan fingerprint density at radius 2 is 1.57 bits per heavy atom. The van der Waals surface area contributed by atoms with Gasteiger partial charge in [0.1, 0.15) is 12.0 Å². The van der Waals surface area contributed by atoms with Gasteiger partial charge < -0.3 is 9.78 Å². The van der Waals surface area contributed by atoms with Crippen molar-refractivity contribution >= 4 is 10.4 Å². The van der Waals surface area contributed by atoms with Crippen LogP contribution in [0.4, 0.5) is 0 Å². The van der Waals surface area contributed by atoms with Crippen molar-refractivity contribution in [1.29, 1.82) is 0 Å². The Morgan fingerprint density at radius 1 is 1.00 bits per heavy atom. The number of unbranched alkanes of at least 4 members (excludes halogenated alkanes) is 7. The van der Waals surface area contributed by atoms with E-state index in [1.165, 1.54) is 32.1 Å². The standard InChI is InChI=1S/C14H26O6S/c1-4-6-7-8-9-10-11-12-13-14(3)18-20-21(15,16)19-17-5-2/h5H,2-4,6-13H2,1H3. The highest BCUT2D eigenvalue weighted by Gasteiger charge is 2.16. The maximum absolute atomic E-state index is 11.0. The van der Waals surface area contributed by atoms with Crippen LogP contribution in [0.15, 0.2) is 25.2 Å². The summed E-state index contributed by atoms with van der Waals surface area (Å²) >= 11 is 0. The molecule has 0 radical (unpaired) electrons. The number of rotatable bonds is 15. The van der Waals surface area contributed by atoms with Gasteiger partial charge in [-0.15, -0.1) is 0 Å². The monoisotopic (exact) mass is 322 g/mol. The van der Waals surface area contributed by atoms with Crippen LogP contribution < -0.4 is 0 Å². The SMILES string of the molecule is C=COOS(=O)(=O)OOC(=C)CCCCCCCCCC. The first-order valence-corrected chi connectivity index (χ1v) is 8.60. The van der Waals surface area contributed by atoms with Crippen LogP contribution in [0.25, 0.3) is 0 Å². The van der Waals surface area contributed by atoms with Gasteiger partial charge in [-0.25, -0.2) is 0 Å². The summed E-state index contributed by atoms with van der Waals surface area (Å²) in [4.78, 5) is 8.57. The summed E-state index contributed by atoms with van der Waals surface area (Å²) in [6.07, 6.45) is 10.8. The second-order valence-corrected chi connectivity index (χ2v) is 5.74. The van der Waals surface area contributed by atoms with Gasteiger partial charge in [-0.2, -0.15) is 8.42 Å². The first kappa shape index (κ1) is 19.9. The zero-order chi connectivity index (χ0) is 16.0. The van der Waals surface area contributed by atoms with Gasteiger partial charge in [0.05, 0.1) is 0 Å². The van der Waals surface area contributed by atoms with Crippen molar-refractivity contribution in [3.63, 3.8) is 0 Å². The Morgan fingerprint density at radius 3 is 2.14 bits per heavy atom. The Labute approximate surface area is 127 Å². The van der Waals surface area contributed by atoms with E-state index in [2.05, 4.69) is 38.5 Å². The summed E-state index contributed by atoms with van der Waals surface area (Å²) in [6, 6.07) is 0. The van der Waals surface area contributed by atoms with Crippen molar-refractivity contribution in [2.45, 2.75) is 64.7 Å². The van der Waals surface area contributed by atoms with E-state index in [1.807, 2.05) is 0 Å². The first-order chi connectivity index (χ1) is 10.0. The van der Waals surface area contributed by atoms with E-state index in [1.54, 1.807) is 0 Å². The molecule has 0 fully saturated rings. The van der Waals surface area contributed by atoms with Crippen LogP contribution in [0.1, 0.15) is 64.7 Å². The number of allylic oxidation sites excluding steroid dienone is 1. The zero-order valence-electron chi connectivity index (χ0n) is 12.7. The van der Waals surface area contributed by atoms with E-state index < -0.39 is 10.4 Å². The maximum atomic E-state index is 11.0. The third-order valence-corrected chi connectivity index (χ3v) is 3.21. The summed E-state index contributed by atoms with van der Waals surface area (Å²) in [6.45, 7) is 8.88. The smallest absolute Gasteiger partial charge is 0.328 e. The lowest BCUT2D eigenvalue weighted by molar-refractivity contribution is -0.216. The van der Waals surface area contributed by atoms with Gasteiger partial charge in [0.25, 0.3) is 0 Å². The van der Waals surface area contributed by atoms with Crippen molar-refractivity contribution in [3.05, 3.63) is 25.2 Å². The third-order valence-electron chi connectivity index (χ3n) is 2.74. The second kappa shape index (κ2) is 12.7. The average molecular weight is 322 g/mol. The topological polar surface area (TPSA) is 71.1 Å². The minimum atomic E-state index is -4.36. The molecule has 0 aromatic carbocycles. The minimum absolute atomic E-state index is 0.228. The van der Waals surface area contributed by atoms with Gasteiger partial charge in [0.2, 0.25) is 0 Å². The molecule has 0 spiro atoms. The molecule has 0 aliphatic heterocycles. The van der Waals surface area contributed by atoms with E-state index >= 15 is 0 Å². The fourth-order valence-corrected chi connectivity index (χ4v) is 2.03. The van der Waals surface area contributed by atoms with Crippen LogP contribution in [-0.2, 0) is 28.8 Å². The quantitative estimate of drug-likeness (QED) is 0.193. The maximum Gasteiger partial charge on any atom is 0.470 e. The first-order valence-electron chi connectivity index (χ1n) is 7.26. The summed E-state index contributed by atoms with van der Waals surface area (Å²) in [5.74, 6) is 0.228. The second-order valence-electron chi connectivity index (χ2n) is 4.65. The van der Waals surface area contributed by atoms with Gasteiger partial charge in [-0.05, 0) is 15.1 Å². The molecule has 0 aromatic rings. The lowest BCUT2D eigenvalue weighted by atomic mass is 10.1. The molecule has 0 aliphatic carbocycles. The third kappa shape index (κ3) is 13.7. The highest BCUT2D eigenvalue weighted by atomic mass is 32.3. The summed E-state index contributed by atoms with van der Waals surface area (Å²) in [5, 5.41) is 0. The van der Waals surface area contributed by atoms with Crippen molar-refractivity contribution in [2.24, 2.45) is 0 Å². The molecule has 0 amide bonds. The molecular weight excluding hydrogens is 296 g/mol. The van der Waals surface area contributed by atoms with E-state index in [9.17, 15) is 8.42 Å². The molecule has 6 nitrogen and oxygen atoms in total. The molecule has 0 saturated carbocycles. The molecule has 0 unspecified atom stereocenters. The molecule has 124 valence electrons. The van der Waals surface area contributed by atoms with E-state index in [4.69, 9.17) is 0 Å². The molecule has 0 N–H and O–H groups in total. The van der Waals surface area contributed by atoms with E-state index in [0.717, 1.165) is 25.5 Å². The predicted molar refractivity (Wildman–Crippen MR) is 79.8 cm³/mol. The molecule has 0 atom stereocenters. The number of hydrogen-bond acceptors (Lipinski definition) is 6. The molecule has 0 bridgehead atoms. The van der Waals surface area contributed by atoms with Gasteiger partial charge in [0, 0.05) is 6.42 Å². The Kier molecular flexibility index (Phi) is 12.0. The molecular formula is C14H26O6S. The highest BCUT2D eigenvalue weighted by molar-refractivity contribution is 7.81. The van der Waals surface area contributed by atoms with Crippen molar-refractivity contribution < 1.29 is 26.9 Å². The lowest BCUT2D eigenvalue weighted by Gasteiger charge is -2.06. The van der Waals surface area contributed by atoms with Crippen molar-refractivity contribution in [2.75, 3.05) is 0 Å². The lowest BCUT2D eigenvalue weighted by Crippen LogP contribution is -2.09. The fourth-order valence-electron chi connectivity index (χ4n) is 1.67. The minimum Gasteiger partial charge on any atom is -0.328 e. The molecule has 0 aromatic heterocycles. The summed E-state index contributed by atoms with van der Waals surface area (Å²) in [5.41, 5.74) is 0. The van der Waals surface area contributed by atoms with Crippen molar-refractivity contribution in [3.8, 4) is 0 Å². The van der Waals surface area contributed by atoms with Gasteiger partial charge in [0.15, 0.2) is 0 Å². The molecule has 0 rings (SSSR count). The normalized spacial score (nSPS) is 11.1. The predicted octanol–water partition coefficient (Wildman–Crippen LogP) is 4.32. The fraction of sp³-hybridized carbons (Fsp3) is 0.714. The van der Waals surface area contributed by atoms with Crippen LogP contribution in [0.3, 0.4) is 0 Å². The van der Waals surface area contributed by atoms with Crippen LogP contribution in [-0.4, -0.2) is 8.42 Å². The van der Waals surface area contributed by atoms with Crippen LogP contribution in [0.5, 0.6) is 0 Å². The van der Waals surface area contributed by atoms with Gasteiger partial charge in [-0.3, -0.25) is 0 Å². The number of hydrogen-bond donors (Lipinski definition) is 0. The molecule has 0 heterocycles. The van der Waals surface area contributed by atoms with Crippen LogP contribution >= 0.6 is 0 Å². The average Bonchev–Trinajstić information content (AvgIpc) is 2.46. The molecule has 0 saturated heterocycles. The summed E-state index contributed by atoms with van der Waals surface area (Å²) < 4.78 is 30.0. The van der Waals surface area contributed by atoms with Gasteiger partial charge >= 0.3 is 10.4 Å². The van der Waals surface area contributed by atoms with E-state index in [0.29, 0.717) is 6.42 Å². The summed E-state index contributed by atoms with van der Waals surface area (Å²) in [7, 11) is -4.36. The largest absolute Gasteiger partial charge is 0.470 e. The van der Waals surface area contributed by atoms with Crippen molar-refractivity contribution in [1.82, 2.24) is 0 Å². The molecule has 7 heteroatoms. The molecule has 0 aliphatic rings. The van der Waals surface area contributed by atoms with Gasteiger partial charge in [-0.1, -0.05) is 65.0 Å². The van der Waals surface area contributed by atoms with Crippen LogP contribution in [0.2, 0.25) is 0 Å².